The third-order valence-electron chi connectivity index (χ3n) is 6.29. The molecule has 0 unspecified atom stereocenters. The molecular formula is C27H35F. The number of hydrogen-bond donors (Lipinski definition) is 0. The molecule has 0 saturated heterocycles. The lowest BCUT2D eigenvalue weighted by atomic mass is 9.77. The van der Waals surface area contributed by atoms with Gasteiger partial charge in [0.05, 0.1) is 0 Å². The summed E-state index contributed by atoms with van der Waals surface area (Å²) in [7, 11) is 0. The van der Waals surface area contributed by atoms with E-state index in [0.29, 0.717) is 11.5 Å². The SMILES string of the molecule is CCCCc1ccc(C=Cc2ccc(C3CCC(CCC)CC3)cc2F)cc1. The smallest absolute Gasteiger partial charge is 0.130 e. The first-order valence-electron chi connectivity index (χ1n) is 11.3. The summed E-state index contributed by atoms with van der Waals surface area (Å²) < 4.78 is 14.7. The van der Waals surface area contributed by atoms with Crippen LogP contribution in [0.5, 0.6) is 0 Å². The quantitative estimate of drug-likeness (QED) is 0.404. The fourth-order valence-corrected chi connectivity index (χ4v) is 4.49. The van der Waals surface area contributed by atoms with E-state index in [-0.39, 0.29) is 5.82 Å². The van der Waals surface area contributed by atoms with Gasteiger partial charge in [-0.25, -0.2) is 4.39 Å². The van der Waals surface area contributed by atoms with Crippen molar-refractivity contribution in [2.45, 2.75) is 77.6 Å². The van der Waals surface area contributed by atoms with Crippen molar-refractivity contribution in [3.8, 4) is 0 Å². The van der Waals surface area contributed by atoms with Crippen LogP contribution >= 0.6 is 0 Å². The van der Waals surface area contributed by atoms with Crippen LogP contribution in [-0.2, 0) is 6.42 Å². The lowest BCUT2D eigenvalue weighted by molar-refractivity contribution is 0.308. The van der Waals surface area contributed by atoms with Crippen molar-refractivity contribution in [3.63, 3.8) is 0 Å². The zero-order valence-electron chi connectivity index (χ0n) is 17.6. The van der Waals surface area contributed by atoms with Crippen LogP contribution in [0.15, 0.2) is 42.5 Å². The van der Waals surface area contributed by atoms with Gasteiger partial charge >= 0.3 is 0 Å². The first kappa shape index (κ1) is 20.8. The predicted molar refractivity (Wildman–Crippen MR) is 120 cm³/mol. The van der Waals surface area contributed by atoms with E-state index in [9.17, 15) is 4.39 Å². The number of aryl methyl sites for hydroxylation is 1. The zero-order valence-corrected chi connectivity index (χ0v) is 17.6. The van der Waals surface area contributed by atoms with Crippen molar-refractivity contribution < 1.29 is 4.39 Å². The van der Waals surface area contributed by atoms with Gasteiger partial charge in [0.25, 0.3) is 0 Å². The number of rotatable bonds is 8. The summed E-state index contributed by atoms with van der Waals surface area (Å²) in [5.74, 6) is 1.34. The molecule has 0 bridgehead atoms. The second kappa shape index (κ2) is 10.6. The van der Waals surface area contributed by atoms with E-state index in [0.717, 1.165) is 17.9 Å². The normalized spacial score (nSPS) is 20.0. The van der Waals surface area contributed by atoms with Crippen molar-refractivity contribution in [1.29, 1.82) is 0 Å². The van der Waals surface area contributed by atoms with Gasteiger partial charge in [-0.15, -0.1) is 0 Å². The Morgan fingerprint density at radius 3 is 2.29 bits per heavy atom. The van der Waals surface area contributed by atoms with Crippen LogP contribution < -0.4 is 0 Å². The maximum atomic E-state index is 14.7. The molecule has 28 heavy (non-hydrogen) atoms. The molecule has 1 aliphatic rings. The standard InChI is InChI=1S/C27H35F/c1-3-5-7-22-8-10-23(11-9-22)14-17-25-18-19-26(20-27(25)28)24-15-12-21(6-4-2)13-16-24/h8-11,14,17-21,24H,3-7,12-13,15-16H2,1-2H3. The lowest BCUT2D eigenvalue weighted by Crippen LogP contribution is -2.13. The Balaban J connectivity index is 1.60. The summed E-state index contributed by atoms with van der Waals surface area (Å²) in [6, 6.07) is 14.5. The topological polar surface area (TPSA) is 0 Å². The number of hydrogen-bond acceptors (Lipinski definition) is 0. The maximum Gasteiger partial charge on any atom is 0.130 e. The average Bonchev–Trinajstić information content (AvgIpc) is 2.73. The van der Waals surface area contributed by atoms with Crippen LogP contribution in [0.2, 0.25) is 0 Å². The van der Waals surface area contributed by atoms with Crippen molar-refractivity contribution >= 4 is 12.2 Å². The monoisotopic (exact) mass is 378 g/mol. The van der Waals surface area contributed by atoms with Gasteiger partial charge in [0.15, 0.2) is 0 Å². The number of unbranched alkanes of at least 4 members (excludes halogenated alkanes) is 1. The largest absolute Gasteiger partial charge is 0.206 e. The first-order valence-corrected chi connectivity index (χ1v) is 11.3. The summed E-state index contributed by atoms with van der Waals surface area (Å²) in [6.45, 7) is 4.49. The zero-order chi connectivity index (χ0) is 19.8. The second-order valence-electron chi connectivity index (χ2n) is 8.47. The molecule has 0 N–H and O–H groups in total. The highest BCUT2D eigenvalue weighted by Gasteiger charge is 2.22. The molecule has 0 aromatic heterocycles. The lowest BCUT2D eigenvalue weighted by Gasteiger charge is -2.28. The molecular weight excluding hydrogens is 343 g/mol. The molecule has 2 aromatic carbocycles. The Bertz CT molecular complexity index is 748. The van der Waals surface area contributed by atoms with Gasteiger partial charge in [0.2, 0.25) is 0 Å². The van der Waals surface area contributed by atoms with Crippen LogP contribution in [0.3, 0.4) is 0 Å². The summed E-state index contributed by atoms with van der Waals surface area (Å²) in [6.07, 6.45) is 15.2. The minimum atomic E-state index is -0.0935. The Kier molecular flexibility index (Phi) is 7.89. The Morgan fingerprint density at radius 2 is 1.64 bits per heavy atom. The van der Waals surface area contributed by atoms with Gasteiger partial charge in [-0.2, -0.15) is 0 Å². The Labute approximate surface area is 170 Å². The molecule has 2 aromatic rings. The minimum absolute atomic E-state index is 0.0935. The molecule has 1 aliphatic carbocycles. The van der Waals surface area contributed by atoms with Crippen molar-refractivity contribution in [1.82, 2.24) is 0 Å². The third kappa shape index (κ3) is 5.80. The summed E-state index contributed by atoms with van der Waals surface area (Å²) in [5, 5.41) is 0. The van der Waals surface area contributed by atoms with E-state index >= 15 is 0 Å². The summed E-state index contributed by atoms with van der Waals surface area (Å²) >= 11 is 0. The van der Waals surface area contributed by atoms with Crippen molar-refractivity contribution in [2.75, 3.05) is 0 Å². The molecule has 150 valence electrons. The minimum Gasteiger partial charge on any atom is -0.206 e. The molecule has 0 amide bonds. The highest BCUT2D eigenvalue weighted by molar-refractivity contribution is 5.70. The molecule has 0 nitrogen and oxygen atoms in total. The van der Waals surface area contributed by atoms with Gasteiger partial charge in [0.1, 0.15) is 5.82 Å². The molecule has 0 heterocycles. The fraction of sp³-hybridized carbons (Fsp3) is 0.481. The summed E-state index contributed by atoms with van der Waals surface area (Å²) in [5.41, 5.74) is 4.37. The number of halogens is 1. The van der Waals surface area contributed by atoms with E-state index in [1.54, 1.807) is 6.07 Å². The first-order chi connectivity index (χ1) is 13.7. The van der Waals surface area contributed by atoms with Gasteiger partial charge < -0.3 is 0 Å². The van der Waals surface area contributed by atoms with Gasteiger partial charge in [-0.3, -0.25) is 0 Å². The van der Waals surface area contributed by atoms with Gasteiger partial charge in [-0.05, 0) is 73.1 Å². The van der Waals surface area contributed by atoms with Crippen molar-refractivity contribution in [2.24, 2.45) is 5.92 Å². The highest BCUT2D eigenvalue weighted by atomic mass is 19.1. The molecule has 0 aliphatic heterocycles. The predicted octanol–water partition coefficient (Wildman–Crippen LogP) is 8.41. The molecule has 1 saturated carbocycles. The fourth-order valence-electron chi connectivity index (χ4n) is 4.49. The average molecular weight is 379 g/mol. The van der Waals surface area contributed by atoms with E-state index in [2.05, 4.69) is 44.2 Å². The van der Waals surface area contributed by atoms with E-state index in [1.807, 2.05) is 18.2 Å². The molecule has 0 spiro atoms. The Hall–Kier alpha value is -1.89. The van der Waals surface area contributed by atoms with E-state index in [4.69, 9.17) is 0 Å². The van der Waals surface area contributed by atoms with E-state index < -0.39 is 0 Å². The van der Waals surface area contributed by atoms with Crippen LogP contribution in [0.1, 0.15) is 93.4 Å². The van der Waals surface area contributed by atoms with Crippen molar-refractivity contribution in [3.05, 3.63) is 70.5 Å². The van der Waals surface area contributed by atoms with Crippen LogP contribution in [0.25, 0.3) is 12.2 Å². The molecule has 0 atom stereocenters. The second-order valence-corrected chi connectivity index (χ2v) is 8.47. The van der Waals surface area contributed by atoms with Gasteiger partial charge in [0, 0.05) is 5.56 Å². The van der Waals surface area contributed by atoms with Crippen LogP contribution in [-0.4, -0.2) is 0 Å². The summed E-state index contributed by atoms with van der Waals surface area (Å²) in [4.78, 5) is 0. The van der Waals surface area contributed by atoms with E-state index in [1.165, 1.54) is 62.5 Å². The Morgan fingerprint density at radius 1 is 0.893 bits per heavy atom. The molecule has 0 radical (unpaired) electrons. The molecule has 1 fully saturated rings. The van der Waals surface area contributed by atoms with Crippen LogP contribution in [0.4, 0.5) is 4.39 Å². The van der Waals surface area contributed by atoms with Crippen LogP contribution in [0, 0.1) is 11.7 Å². The number of benzene rings is 2. The third-order valence-corrected chi connectivity index (χ3v) is 6.29. The molecule has 3 rings (SSSR count). The maximum absolute atomic E-state index is 14.7. The van der Waals surface area contributed by atoms with Gasteiger partial charge in [-0.1, -0.05) is 81.7 Å². The highest BCUT2D eigenvalue weighted by Crippen LogP contribution is 2.37. The molecule has 1 heteroatoms.